The fourth-order valence-electron chi connectivity index (χ4n) is 2.21. The number of hydrogen-bond donors (Lipinski definition) is 1. The van der Waals surface area contributed by atoms with Gasteiger partial charge in [0.25, 0.3) is 5.91 Å². The molecule has 27 heavy (non-hydrogen) atoms. The highest BCUT2D eigenvalue weighted by Gasteiger charge is 2.19. The molecule has 0 unspecified atom stereocenters. The Morgan fingerprint density at radius 3 is 2.59 bits per heavy atom. The zero-order valence-corrected chi connectivity index (χ0v) is 15.4. The van der Waals surface area contributed by atoms with Crippen LogP contribution in [0.3, 0.4) is 0 Å². The van der Waals surface area contributed by atoms with Crippen molar-refractivity contribution in [1.29, 1.82) is 5.26 Å². The number of unbranched alkanes of at least 4 members (excludes halogenated alkanes) is 1. The number of carbonyl (C=O) groups excluding carboxylic acids is 2. The predicted octanol–water partition coefficient (Wildman–Crippen LogP) is 3.92. The number of anilines is 1. The smallest absolute Gasteiger partial charge is 0.338 e. The molecule has 0 aliphatic carbocycles. The van der Waals surface area contributed by atoms with E-state index in [0.29, 0.717) is 29.2 Å². The molecule has 0 aromatic heterocycles. The van der Waals surface area contributed by atoms with Crippen LogP contribution in [0.2, 0.25) is 0 Å². The van der Waals surface area contributed by atoms with E-state index in [1.165, 1.54) is 6.92 Å². The van der Waals surface area contributed by atoms with Gasteiger partial charge in [-0.05, 0) is 55.8 Å². The van der Waals surface area contributed by atoms with Gasteiger partial charge in [0.05, 0.1) is 23.8 Å². The number of hydrogen-bond acceptors (Lipinski definition) is 5. The van der Waals surface area contributed by atoms with Crippen molar-refractivity contribution in [2.45, 2.75) is 32.8 Å². The van der Waals surface area contributed by atoms with Crippen LogP contribution in [0.5, 0.6) is 5.75 Å². The van der Waals surface area contributed by atoms with Crippen LogP contribution in [0.15, 0.2) is 48.5 Å². The van der Waals surface area contributed by atoms with Crippen molar-refractivity contribution in [2.75, 3.05) is 11.9 Å². The summed E-state index contributed by atoms with van der Waals surface area (Å²) in [4.78, 5) is 24.4. The van der Waals surface area contributed by atoms with Crippen molar-refractivity contribution < 1.29 is 19.1 Å². The van der Waals surface area contributed by atoms with Gasteiger partial charge in [-0.25, -0.2) is 4.79 Å². The summed E-state index contributed by atoms with van der Waals surface area (Å²) in [5.41, 5.74) is 1.23. The van der Waals surface area contributed by atoms with Gasteiger partial charge in [-0.2, -0.15) is 5.26 Å². The van der Waals surface area contributed by atoms with E-state index in [9.17, 15) is 9.59 Å². The highest BCUT2D eigenvalue weighted by Crippen LogP contribution is 2.15. The first-order valence-corrected chi connectivity index (χ1v) is 8.78. The van der Waals surface area contributed by atoms with Crippen molar-refractivity contribution in [3.8, 4) is 11.8 Å². The van der Waals surface area contributed by atoms with Crippen LogP contribution in [0.25, 0.3) is 0 Å². The molecule has 6 heteroatoms. The summed E-state index contributed by atoms with van der Waals surface area (Å²) < 4.78 is 10.8. The average molecular weight is 366 g/mol. The predicted molar refractivity (Wildman–Crippen MR) is 102 cm³/mol. The van der Waals surface area contributed by atoms with Gasteiger partial charge >= 0.3 is 5.97 Å². The number of benzene rings is 2. The first-order chi connectivity index (χ1) is 13.0. The number of esters is 1. The van der Waals surface area contributed by atoms with Crippen LogP contribution in [-0.2, 0) is 9.53 Å². The summed E-state index contributed by atoms with van der Waals surface area (Å²) in [5, 5.41) is 11.5. The van der Waals surface area contributed by atoms with E-state index in [0.717, 1.165) is 12.8 Å². The number of nitriles is 1. The third kappa shape index (κ3) is 6.15. The van der Waals surface area contributed by atoms with Crippen LogP contribution in [0.4, 0.5) is 5.69 Å². The minimum atomic E-state index is -0.983. The second kappa shape index (κ2) is 9.97. The molecule has 0 fully saturated rings. The quantitative estimate of drug-likeness (QED) is 0.565. The Bertz CT molecular complexity index is 825. The molecule has 2 aromatic rings. The Balaban J connectivity index is 1.90. The Labute approximate surface area is 158 Å². The lowest BCUT2D eigenvalue weighted by molar-refractivity contribution is -0.123. The molecule has 0 saturated carbocycles. The van der Waals surface area contributed by atoms with Gasteiger partial charge in [-0.15, -0.1) is 0 Å². The zero-order chi connectivity index (χ0) is 19.6. The molecule has 0 heterocycles. The molecule has 1 atom stereocenters. The van der Waals surface area contributed by atoms with Crippen molar-refractivity contribution in [2.24, 2.45) is 0 Å². The standard InChI is InChI=1S/C21H22N2O4/c1-3-4-12-26-19-10-8-17(9-11-19)21(25)27-15(2)20(24)23-18-7-5-6-16(13-18)14-22/h5-11,13,15H,3-4,12H2,1-2H3,(H,23,24)/t15-/m0/s1. The largest absolute Gasteiger partial charge is 0.494 e. The molecule has 2 rings (SSSR count). The third-order valence-electron chi connectivity index (χ3n) is 3.77. The summed E-state index contributed by atoms with van der Waals surface area (Å²) in [6.45, 7) is 4.20. The molecule has 1 N–H and O–H groups in total. The van der Waals surface area contributed by atoms with Crippen molar-refractivity contribution >= 4 is 17.6 Å². The number of nitrogens with one attached hydrogen (secondary N) is 1. The van der Waals surface area contributed by atoms with Crippen LogP contribution < -0.4 is 10.1 Å². The second-order valence-electron chi connectivity index (χ2n) is 5.96. The van der Waals surface area contributed by atoms with E-state index in [-0.39, 0.29) is 0 Å². The SMILES string of the molecule is CCCCOc1ccc(C(=O)O[C@@H](C)C(=O)Nc2cccc(C#N)c2)cc1. The van der Waals surface area contributed by atoms with E-state index in [1.807, 2.05) is 6.07 Å². The van der Waals surface area contributed by atoms with E-state index in [1.54, 1.807) is 48.5 Å². The van der Waals surface area contributed by atoms with Crippen LogP contribution in [0, 0.1) is 11.3 Å². The molecular formula is C21H22N2O4. The second-order valence-corrected chi connectivity index (χ2v) is 5.96. The number of carbonyl (C=O) groups is 2. The number of rotatable bonds is 8. The first-order valence-electron chi connectivity index (χ1n) is 8.78. The highest BCUT2D eigenvalue weighted by molar-refractivity contribution is 5.97. The Morgan fingerprint density at radius 2 is 1.93 bits per heavy atom. The first kappa shape index (κ1) is 20.0. The van der Waals surface area contributed by atoms with E-state index in [2.05, 4.69) is 12.2 Å². The van der Waals surface area contributed by atoms with Crippen LogP contribution >= 0.6 is 0 Å². The molecule has 0 aliphatic rings. The third-order valence-corrected chi connectivity index (χ3v) is 3.77. The Morgan fingerprint density at radius 1 is 1.19 bits per heavy atom. The minimum Gasteiger partial charge on any atom is -0.494 e. The topological polar surface area (TPSA) is 88.4 Å². The van der Waals surface area contributed by atoms with E-state index in [4.69, 9.17) is 14.7 Å². The van der Waals surface area contributed by atoms with Gasteiger partial charge in [-0.1, -0.05) is 19.4 Å². The van der Waals surface area contributed by atoms with Gasteiger partial charge in [0.2, 0.25) is 0 Å². The van der Waals surface area contributed by atoms with Crippen LogP contribution in [-0.4, -0.2) is 24.6 Å². The molecule has 0 saturated heterocycles. The lowest BCUT2D eigenvalue weighted by Crippen LogP contribution is -2.30. The minimum absolute atomic E-state index is 0.337. The zero-order valence-electron chi connectivity index (χ0n) is 15.4. The van der Waals surface area contributed by atoms with Crippen LogP contribution in [0.1, 0.15) is 42.6 Å². The molecule has 6 nitrogen and oxygen atoms in total. The molecule has 140 valence electrons. The maximum atomic E-state index is 12.2. The number of amides is 1. The van der Waals surface area contributed by atoms with Gasteiger partial charge in [0, 0.05) is 5.69 Å². The fourth-order valence-corrected chi connectivity index (χ4v) is 2.21. The van der Waals surface area contributed by atoms with E-state index < -0.39 is 18.0 Å². The van der Waals surface area contributed by atoms with Crippen molar-refractivity contribution in [3.05, 3.63) is 59.7 Å². The van der Waals surface area contributed by atoms with Gasteiger partial charge < -0.3 is 14.8 Å². The molecule has 0 aliphatic heterocycles. The van der Waals surface area contributed by atoms with Gasteiger partial charge in [0.1, 0.15) is 5.75 Å². The van der Waals surface area contributed by atoms with Gasteiger partial charge in [-0.3, -0.25) is 4.79 Å². The lowest BCUT2D eigenvalue weighted by atomic mass is 10.2. The van der Waals surface area contributed by atoms with Gasteiger partial charge in [0.15, 0.2) is 6.10 Å². The summed E-state index contributed by atoms with van der Waals surface area (Å²) in [5.74, 6) is -0.385. The average Bonchev–Trinajstić information content (AvgIpc) is 2.68. The maximum absolute atomic E-state index is 12.2. The number of nitrogens with zero attached hydrogens (tertiary/aromatic N) is 1. The van der Waals surface area contributed by atoms with Crippen molar-refractivity contribution in [1.82, 2.24) is 0 Å². The Kier molecular flexibility index (Phi) is 7.38. The highest BCUT2D eigenvalue weighted by atomic mass is 16.5. The summed E-state index contributed by atoms with van der Waals surface area (Å²) in [6.07, 6.45) is 1.03. The summed E-state index contributed by atoms with van der Waals surface area (Å²) in [6, 6.07) is 15.1. The molecule has 1 amide bonds. The lowest BCUT2D eigenvalue weighted by Gasteiger charge is -2.14. The maximum Gasteiger partial charge on any atom is 0.338 e. The fraction of sp³-hybridized carbons (Fsp3) is 0.286. The molecule has 2 aromatic carbocycles. The van der Waals surface area contributed by atoms with E-state index >= 15 is 0 Å². The molecule has 0 bridgehead atoms. The Hall–Kier alpha value is -3.33. The normalized spacial score (nSPS) is 11.1. The van der Waals surface area contributed by atoms with Crippen molar-refractivity contribution in [3.63, 3.8) is 0 Å². The monoisotopic (exact) mass is 366 g/mol. The molecule has 0 spiro atoms. The summed E-state index contributed by atoms with van der Waals surface area (Å²) in [7, 11) is 0. The summed E-state index contributed by atoms with van der Waals surface area (Å²) >= 11 is 0. The molecular weight excluding hydrogens is 344 g/mol. The number of ether oxygens (including phenoxy) is 2. The molecule has 0 radical (unpaired) electrons.